The van der Waals surface area contributed by atoms with E-state index in [-0.39, 0.29) is 0 Å². The molecule has 0 bridgehead atoms. The average molecular weight is 254 g/mol. The molecule has 0 fully saturated rings. The van der Waals surface area contributed by atoms with Crippen molar-refractivity contribution in [1.82, 2.24) is 10.3 Å². The molecule has 0 unspecified atom stereocenters. The Bertz CT molecular complexity index is 359. The number of rotatable bonds is 0. The van der Waals surface area contributed by atoms with E-state index >= 15 is 0 Å². The lowest BCUT2D eigenvalue weighted by Gasteiger charge is -1.80. The first kappa shape index (κ1) is 18.8. The molecule has 0 amide bonds. The lowest BCUT2D eigenvalue weighted by molar-refractivity contribution is 0.392. The van der Waals surface area contributed by atoms with Gasteiger partial charge in [-0.05, 0) is 27.7 Å². The summed E-state index contributed by atoms with van der Waals surface area (Å²) in [6, 6.07) is 1.81. The molecule has 2 rings (SSSR count). The zero-order valence-electron chi connectivity index (χ0n) is 12.9. The molecule has 0 saturated carbocycles. The fourth-order valence-corrected chi connectivity index (χ4v) is 0.802. The Morgan fingerprint density at radius 2 is 1.44 bits per heavy atom. The van der Waals surface area contributed by atoms with Gasteiger partial charge in [0, 0.05) is 11.6 Å². The van der Waals surface area contributed by atoms with Crippen LogP contribution < -0.4 is 0 Å². The van der Waals surface area contributed by atoms with E-state index in [1.54, 1.807) is 12.3 Å². The fourth-order valence-electron chi connectivity index (χ4n) is 0.802. The summed E-state index contributed by atoms with van der Waals surface area (Å²) in [6.45, 7) is 15.7. The first-order chi connectivity index (χ1) is 8.61. The van der Waals surface area contributed by atoms with Crippen LogP contribution in [0.25, 0.3) is 0 Å². The van der Waals surface area contributed by atoms with Crippen molar-refractivity contribution in [3.8, 4) is 0 Å². The molecule has 0 aliphatic carbocycles. The highest BCUT2D eigenvalue weighted by Crippen LogP contribution is 2.08. The van der Waals surface area contributed by atoms with Gasteiger partial charge in [-0.15, -0.1) is 0 Å². The van der Waals surface area contributed by atoms with Gasteiger partial charge in [-0.25, -0.2) is 0 Å². The number of hydrogen-bond donors (Lipinski definition) is 0. The van der Waals surface area contributed by atoms with E-state index in [2.05, 4.69) is 14.8 Å². The summed E-state index contributed by atoms with van der Waals surface area (Å²) in [5.74, 6) is 0.919. The van der Waals surface area contributed by atoms with Crippen LogP contribution in [0.5, 0.6) is 0 Å². The van der Waals surface area contributed by atoms with Crippen molar-refractivity contribution in [2.75, 3.05) is 0 Å². The third-order valence-electron chi connectivity index (χ3n) is 1.96. The van der Waals surface area contributed by atoms with Gasteiger partial charge in [-0.1, -0.05) is 38.0 Å². The SMILES string of the molecule is CC.CC.Cc1ccon1.Cc1noc(C)c1C. The summed E-state index contributed by atoms with van der Waals surface area (Å²) in [5, 5.41) is 7.28. The number of nitrogens with zero attached hydrogens (tertiary/aromatic N) is 2. The molecular weight excluding hydrogens is 228 g/mol. The fraction of sp³-hybridized carbons (Fsp3) is 0.571. The second-order valence-corrected chi connectivity index (χ2v) is 3.09. The molecule has 104 valence electrons. The zero-order chi connectivity index (χ0) is 14.6. The van der Waals surface area contributed by atoms with Gasteiger partial charge >= 0.3 is 0 Å². The van der Waals surface area contributed by atoms with Crippen molar-refractivity contribution in [2.24, 2.45) is 0 Å². The summed E-state index contributed by atoms with van der Waals surface area (Å²) in [6.07, 6.45) is 1.55. The lowest BCUT2D eigenvalue weighted by Crippen LogP contribution is -1.73. The molecule has 0 saturated heterocycles. The highest BCUT2D eigenvalue weighted by atomic mass is 16.5. The van der Waals surface area contributed by atoms with Crippen LogP contribution in [0.3, 0.4) is 0 Å². The van der Waals surface area contributed by atoms with Crippen molar-refractivity contribution >= 4 is 0 Å². The van der Waals surface area contributed by atoms with E-state index in [0.717, 1.165) is 22.7 Å². The Hall–Kier alpha value is -1.58. The van der Waals surface area contributed by atoms with Gasteiger partial charge in [0.25, 0.3) is 0 Å². The van der Waals surface area contributed by atoms with Crippen LogP contribution in [0.15, 0.2) is 21.4 Å². The first-order valence-corrected chi connectivity index (χ1v) is 6.37. The van der Waals surface area contributed by atoms with Crippen molar-refractivity contribution in [2.45, 2.75) is 55.4 Å². The summed E-state index contributed by atoms with van der Waals surface area (Å²) in [5.41, 5.74) is 3.07. The second-order valence-electron chi connectivity index (χ2n) is 3.09. The highest BCUT2D eigenvalue weighted by Gasteiger charge is 1.99. The van der Waals surface area contributed by atoms with Crippen molar-refractivity contribution < 1.29 is 9.05 Å². The molecule has 0 N–H and O–H groups in total. The maximum absolute atomic E-state index is 4.84. The molecule has 0 aliphatic rings. The maximum Gasteiger partial charge on any atom is 0.136 e. The third-order valence-corrected chi connectivity index (χ3v) is 1.96. The van der Waals surface area contributed by atoms with Gasteiger partial charge in [0.2, 0.25) is 0 Å². The van der Waals surface area contributed by atoms with Gasteiger partial charge in [0.15, 0.2) is 0 Å². The molecule has 0 radical (unpaired) electrons. The smallest absolute Gasteiger partial charge is 0.136 e. The zero-order valence-corrected chi connectivity index (χ0v) is 12.9. The normalized spacial score (nSPS) is 8.00. The Labute approximate surface area is 110 Å². The molecule has 0 spiro atoms. The van der Waals surface area contributed by atoms with Gasteiger partial charge in [0.05, 0.1) is 11.4 Å². The summed E-state index contributed by atoms with van der Waals surface area (Å²) in [7, 11) is 0. The van der Waals surface area contributed by atoms with Crippen LogP contribution in [-0.4, -0.2) is 10.3 Å². The minimum Gasteiger partial charge on any atom is -0.365 e. The average Bonchev–Trinajstić information content (AvgIpc) is 3.00. The molecule has 0 atom stereocenters. The van der Waals surface area contributed by atoms with Crippen molar-refractivity contribution in [1.29, 1.82) is 0 Å². The largest absolute Gasteiger partial charge is 0.365 e. The minimum atomic E-state index is 0.919. The maximum atomic E-state index is 4.84. The Kier molecular flexibility index (Phi) is 12.4. The highest BCUT2D eigenvalue weighted by molar-refractivity contribution is 5.17. The Morgan fingerprint density at radius 1 is 0.889 bits per heavy atom. The van der Waals surface area contributed by atoms with E-state index < -0.39 is 0 Å². The summed E-state index contributed by atoms with van der Waals surface area (Å²) >= 11 is 0. The van der Waals surface area contributed by atoms with Gasteiger partial charge in [-0.2, -0.15) is 0 Å². The van der Waals surface area contributed by atoms with E-state index in [9.17, 15) is 0 Å². The number of aryl methyl sites for hydroxylation is 3. The van der Waals surface area contributed by atoms with Crippen LogP contribution in [0.4, 0.5) is 0 Å². The van der Waals surface area contributed by atoms with Crippen molar-refractivity contribution in [3.63, 3.8) is 0 Å². The van der Waals surface area contributed by atoms with Crippen LogP contribution in [-0.2, 0) is 0 Å². The minimum absolute atomic E-state index is 0.919. The first-order valence-electron chi connectivity index (χ1n) is 6.37. The van der Waals surface area contributed by atoms with Gasteiger partial charge in [-0.3, -0.25) is 0 Å². The molecule has 2 aromatic rings. The second kappa shape index (κ2) is 11.9. The Balaban J connectivity index is 0. The summed E-state index contributed by atoms with van der Waals surface area (Å²) < 4.78 is 9.31. The van der Waals surface area contributed by atoms with E-state index in [4.69, 9.17) is 4.52 Å². The monoisotopic (exact) mass is 254 g/mol. The van der Waals surface area contributed by atoms with E-state index in [1.807, 2.05) is 55.4 Å². The van der Waals surface area contributed by atoms with Crippen LogP contribution in [0.1, 0.15) is 50.4 Å². The molecule has 2 aromatic heterocycles. The molecular formula is C14H26N2O2. The molecule has 0 aromatic carbocycles. The predicted molar refractivity (Wildman–Crippen MR) is 74.7 cm³/mol. The Morgan fingerprint density at radius 3 is 1.56 bits per heavy atom. The van der Waals surface area contributed by atoms with Gasteiger partial charge in [0.1, 0.15) is 12.0 Å². The number of aromatic nitrogens is 2. The molecule has 4 heteroatoms. The molecule has 4 nitrogen and oxygen atoms in total. The van der Waals surface area contributed by atoms with Crippen LogP contribution in [0, 0.1) is 27.7 Å². The van der Waals surface area contributed by atoms with E-state index in [1.165, 1.54) is 0 Å². The van der Waals surface area contributed by atoms with Crippen LogP contribution in [0.2, 0.25) is 0 Å². The van der Waals surface area contributed by atoms with Crippen molar-refractivity contribution in [3.05, 3.63) is 35.0 Å². The topological polar surface area (TPSA) is 52.1 Å². The van der Waals surface area contributed by atoms with Gasteiger partial charge < -0.3 is 9.05 Å². The summed E-state index contributed by atoms with van der Waals surface area (Å²) in [4.78, 5) is 0. The lowest BCUT2D eigenvalue weighted by atomic mass is 10.2. The quantitative estimate of drug-likeness (QED) is 0.687. The predicted octanol–water partition coefficient (Wildman–Crippen LogP) is 4.64. The van der Waals surface area contributed by atoms with Crippen LogP contribution >= 0.6 is 0 Å². The third kappa shape index (κ3) is 7.65. The number of hydrogen-bond acceptors (Lipinski definition) is 4. The van der Waals surface area contributed by atoms with E-state index in [0.29, 0.717) is 0 Å². The standard InChI is InChI=1S/C6H9NO.C4H5NO.2C2H6/c1-4-5(2)7-8-6(4)3;1-4-2-3-6-5-4;2*1-2/h1-3H3;2-3H,1H3;2*1-2H3. The molecule has 2 heterocycles. The molecule has 0 aliphatic heterocycles. The molecule has 18 heavy (non-hydrogen) atoms.